The number of benzene rings is 3. The van der Waals surface area contributed by atoms with E-state index in [1.165, 1.54) is 10.8 Å². The molecule has 0 aliphatic carbocycles. The fourth-order valence-corrected chi connectivity index (χ4v) is 3.22. The Morgan fingerprint density at radius 1 is 0.783 bits per heavy atom. The second-order valence-corrected chi connectivity index (χ2v) is 5.61. The number of nitrogens with zero attached hydrogens (tertiary/aromatic N) is 1. The highest BCUT2D eigenvalue weighted by Crippen LogP contribution is 2.39. The molecule has 1 aliphatic heterocycles. The van der Waals surface area contributed by atoms with Gasteiger partial charge in [-0.15, -0.1) is 0 Å². The highest BCUT2D eigenvalue weighted by Gasteiger charge is 2.15. The molecule has 3 heteroatoms. The third-order valence-electron chi connectivity index (χ3n) is 4.30. The van der Waals surface area contributed by atoms with Crippen molar-refractivity contribution in [1.82, 2.24) is 4.98 Å². The molecule has 0 unspecified atom stereocenters. The van der Waals surface area contributed by atoms with E-state index in [-0.39, 0.29) is 0 Å². The maximum Gasteiger partial charge on any atom is 0.231 e. The summed E-state index contributed by atoms with van der Waals surface area (Å²) in [5.41, 5.74) is 3.29. The minimum Gasteiger partial charge on any atom is -0.454 e. The Bertz CT molecular complexity index is 1060. The van der Waals surface area contributed by atoms with Crippen LogP contribution in [-0.2, 0) is 0 Å². The second-order valence-electron chi connectivity index (χ2n) is 5.61. The lowest BCUT2D eigenvalue weighted by molar-refractivity contribution is 0.174. The summed E-state index contributed by atoms with van der Waals surface area (Å²) >= 11 is 0. The summed E-state index contributed by atoms with van der Waals surface area (Å²) in [5, 5.41) is 3.50. The van der Waals surface area contributed by atoms with Crippen molar-refractivity contribution >= 4 is 21.7 Å². The van der Waals surface area contributed by atoms with E-state index in [1.54, 1.807) is 0 Å². The number of hydrogen-bond donors (Lipinski definition) is 0. The minimum absolute atomic E-state index is 0.290. The molecule has 0 bridgehead atoms. The highest BCUT2D eigenvalue weighted by atomic mass is 16.7. The quantitative estimate of drug-likeness (QED) is 0.474. The Morgan fingerprint density at radius 3 is 2.65 bits per heavy atom. The molecule has 5 rings (SSSR count). The fraction of sp³-hybridized carbons (Fsp3) is 0.0500. The molecule has 0 N–H and O–H groups in total. The van der Waals surface area contributed by atoms with Gasteiger partial charge in [-0.1, -0.05) is 42.5 Å². The average Bonchev–Trinajstić information content (AvgIpc) is 3.08. The Balaban J connectivity index is 1.86. The van der Waals surface area contributed by atoms with Crippen LogP contribution < -0.4 is 9.47 Å². The Labute approximate surface area is 133 Å². The van der Waals surface area contributed by atoms with Crippen molar-refractivity contribution in [3.05, 3.63) is 66.9 Å². The second kappa shape index (κ2) is 4.71. The van der Waals surface area contributed by atoms with Crippen LogP contribution in [0.25, 0.3) is 32.8 Å². The molecule has 4 aromatic rings. The van der Waals surface area contributed by atoms with E-state index >= 15 is 0 Å². The van der Waals surface area contributed by atoms with E-state index < -0.39 is 0 Å². The van der Waals surface area contributed by atoms with Crippen LogP contribution in [-0.4, -0.2) is 11.8 Å². The van der Waals surface area contributed by atoms with Crippen molar-refractivity contribution < 1.29 is 9.47 Å². The zero-order chi connectivity index (χ0) is 15.2. The normalized spacial score (nSPS) is 12.9. The van der Waals surface area contributed by atoms with Gasteiger partial charge in [-0.25, -0.2) is 0 Å². The van der Waals surface area contributed by atoms with Gasteiger partial charge >= 0.3 is 0 Å². The first-order valence-electron chi connectivity index (χ1n) is 7.57. The predicted molar refractivity (Wildman–Crippen MR) is 90.8 cm³/mol. The summed E-state index contributed by atoms with van der Waals surface area (Å²) in [5.74, 6) is 1.60. The zero-order valence-electron chi connectivity index (χ0n) is 12.3. The third-order valence-corrected chi connectivity index (χ3v) is 4.30. The van der Waals surface area contributed by atoms with Gasteiger partial charge in [0, 0.05) is 17.0 Å². The lowest BCUT2D eigenvalue weighted by atomic mass is 9.96. The molecule has 0 amide bonds. The Hall–Kier alpha value is -3.07. The number of ether oxygens (including phenoxy) is 2. The maximum absolute atomic E-state index is 5.52. The molecule has 0 atom stereocenters. The molecule has 0 saturated carbocycles. The Kier molecular flexibility index (Phi) is 2.56. The molecule has 2 heterocycles. The summed E-state index contributed by atoms with van der Waals surface area (Å²) in [6.45, 7) is 0.290. The summed E-state index contributed by atoms with van der Waals surface area (Å²) in [4.78, 5) is 4.61. The molecule has 23 heavy (non-hydrogen) atoms. The molecule has 1 aromatic heterocycles. The van der Waals surface area contributed by atoms with E-state index in [9.17, 15) is 0 Å². The first-order valence-corrected chi connectivity index (χ1v) is 7.57. The van der Waals surface area contributed by atoms with E-state index in [0.29, 0.717) is 6.79 Å². The molecule has 0 spiro atoms. The van der Waals surface area contributed by atoms with Gasteiger partial charge in [0.1, 0.15) is 0 Å². The van der Waals surface area contributed by atoms with Crippen molar-refractivity contribution in [1.29, 1.82) is 0 Å². The molecular weight excluding hydrogens is 286 g/mol. The maximum atomic E-state index is 5.52. The van der Waals surface area contributed by atoms with Crippen molar-refractivity contribution in [3.63, 3.8) is 0 Å². The monoisotopic (exact) mass is 299 g/mol. The Morgan fingerprint density at radius 2 is 1.65 bits per heavy atom. The number of aromatic nitrogens is 1. The van der Waals surface area contributed by atoms with Crippen molar-refractivity contribution in [2.75, 3.05) is 6.79 Å². The van der Waals surface area contributed by atoms with E-state index in [0.717, 1.165) is 33.5 Å². The number of fused-ring (bicyclic) bond motifs is 4. The molecule has 0 fully saturated rings. The molecule has 0 saturated heterocycles. The molecule has 3 nitrogen and oxygen atoms in total. The van der Waals surface area contributed by atoms with Crippen LogP contribution in [0.3, 0.4) is 0 Å². The van der Waals surface area contributed by atoms with Crippen LogP contribution in [0, 0.1) is 0 Å². The highest BCUT2D eigenvalue weighted by molar-refractivity contribution is 6.12. The standard InChI is InChI=1S/C20H13NO2/c1-3-13-6-7-14-4-2-10-21-20(14)19(13)16(5-1)15-8-9-17-18(11-15)23-12-22-17/h1-11H,12H2. The lowest BCUT2D eigenvalue weighted by Gasteiger charge is -2.10. The van der Waals surface area contributed by atoms with E-state index in [1.807, 2.05) is 24.4 Å². The molecular formula is C20H13NO2. The molecule has 1 aliphatic rings. The van der Waals surface area contributed by atoms with Crippen molar-refractivity contribution in [3.8, 4) is 22.6 Å². The first-order chi connectivity index (χ1) is 11.4. The van der Waals surface area contributed by atoms with Crippen molar-refractivity contribution in [2.45, 2.75) is 0 Å². The topological polar surface area (TPSA) is 31.4 Å². The SMILES string of the molecule is c1cnc2c(c1)ccc1cccc(-c3ccc4c(c3)OCO4)c12. The fourth-order valence-electron chi connectivity index (χ4n) is 3.22. The van der Waals surface area contributed by atoms with Gasteiger partial charge in [0.05, 0.1) is 5.52 Å². The zero-order valence-corrected chi connectivity index (χ0v) is 12.3. The smallest absolute Gasteiger partial charge is 0.231 e. The minimum atomic E-state index is 0.290. The van der Waals surface area contributed by atoms with Crippen LogP contribution in [0.2, 0.25) is 0 Å². The largest absolute Gasteiger partial charge is 0.454 e. The van der Waals surface area contributed by atoms with E-state index in [4.69, 9.17) is 9.47 Å². The van der Waals surface area contributed by atoms with Gasteiger partial charge in [-0.2, -0.15) is 0 Å². The average molecular weight is 299 g/mol. The number of pyridine rings is 1. The molecule has 0 radical (unpaired) electrons. The van der Waals surface area contributed by atoms with Crippen LogP contribution in [0.15, 0.2) is 66.9 Å². The van der Waals surface area contributed by atoms with Gasteiger partial charge in [-0.05, 0) is 34.7 Å². The van der Waals surface area contributed by atoms with Gasteiger partial charge in [0.2, 0.25) is 6.79 Å². The van der Waals surface area contributed by atoms with Gasteiger partial charge in [0.15, 0.2) is 11.5 Å². The summed E-state index contributed by atoms with van der Waals surface area (Å²) in [6.07, 6.45) is 1.85. The van der Waals surface area contributed by atoms with Gasteiger partial charge < -0.3 is 9.47 Å². The van der Waals surface area contributed by atoms with E-state index in [2.05, 4.69) is 47.4 Å². The lowest BCUT2D eigenvalue weighted by Crippen LogP contribution is -1.92. The van der Waals surface area contributed by atoms with Crippen LogP contribution >= 0.6 is 0 Å². The summed E-state index contributed by atoms with van der Waals surface area (Å²) in [7, 11) is 0. The van der Waals surface area contributed by atoms with Crippen LogP contribution in [0.1, 0.15) is 0 Å². The van der Waals surface area contributed by atoms with Gasteiger partial charge in [-0.3, -0.25) is 4.98 Å². The number of rotatable bonds is 1. The van der Waals surface area contributed by atoms with Crippen molar-refractivity contribution in [2.24, 2.45) is 0 Å². The van der Waals surface area contributed by atoms with Gasteiger partial charge in [0.25, 0.3) is 0 Å². The van der Waals surface area contributed by atoms with Crippen LogP contribution in [0.4, 0.5) is 0 Å². The summed E-state index contributed by atoms with van der Waals surface area (Å²) < 4.78 is 10.9. The predicted octanol–water partition coefficient (Wildman–Crippen LogP) is 4.78. The molecule has 110 valence electrons. The van der Waals surface area contributed by atoms with Crippen LogP contribution in [0.5, 0.6) is 11.5 Å². The molecule has 3 aromatic carbocycles. The first kappa shape index (κ1) is 12.5. The number of hydrogen-bond acceptors (Lipinski definition) is 3. The third kappa shape index (κ3) is 1.87. The summed E-state index contributed by atoms with van der Waals surface area (Å²) in [6, 6.07) is 20.8.